The SMILES string of the molecule is CC1(C(=O)O)CCC(N=C(C(=CN)C(=O)N(CC(=O)c2c(Cl)cccc2Cl)CC2(C(F)(F)F)CC2)C(F)(F)F)CC1. The Labute approximate surface area is 241 Å². The standard InChI is InChI=1S/C26H27Cl2F6N3O4/c1-23(22(40)41)7-5-14(6-8-23)36-20(25(29,30)31)15(11-35)21(39)37(13-24(9-10-24)26(32,33)34)12-18(38)19-16(27)3-2-4-17(19)28/h2-4,11,14H,5-10,12-13,35H2,1H3,(H,40,41). The highest BCUT2D eigenvalue weighted by atomic mass is 35.5. The van der Waals surface area contributed by atoms with E-state index in [1.807, 2.05) is 0 Å². The minimum atomic E-state index is -5.25. The number of carboxylic acids is 1. The van der Waals surface area contributed by atoms with Crippen molar-refractivity contribution in [1.29, 1.82) is 0 Å². The lowest BCUT2D eigenvalue weighted by molar-refractivity contribution is -0.192. The normalized spacial score (nSPS) is 23.2. The number of nitrogens with two attached hydrogens (primary N) is 1. The molecule has 0 aliphatic heterocycles. The molecule has 1 amide bonds. The summed E-state index contributed by atoms with van der Waals surface area (Å²) in [5.74, 6) is -3.68. The quantitative estimate of drug-likeness (QED) is 0.146. The average Bonchev–Trinajstić information content (AvgIpc) is 3.65. The molecular weight excluding hydrogens is 603 g/mol. The van der Waals surface area contributed by atoms with Crippen LogP contribution < -0.4 is 5.73 Å². The Hall–Kier alpha value is -2.80. The Morgan fingerprint density at radius 2 is 1.61 bits per heavy atom. The molecule has 226 valence electrons. The predicted octanol–water partition coefficient (Wildman–Crippen LogP) is 6.23. The number of halogens is 8. The Kier molecular flexibility index (Phi) is 9.44. The van der Waals surface area contributed by atoms with E-state index in [0.717, 1.165) is 0 Å². The number of Topliss-reactive ketones (excluding diaryl/α,β-unsaturated/α-hetero) is 1. The van der Waals surface area contributed by atoms with Crippen molar-refractivity contribution >= 4 is 46.6 Å². The molecule has 0 bridgehead atoms. The van der Waals surface area contributed by atoms with Crippen LogP contribution in [0.15, 0.2) is 35.0 Å². The number of rotatable bonds is 9. The van der Waals surface area contributed by atoms with Gasteiger partial charge in [-0.15, -0.1) is 0 Å². The number of aliphatic carboxylic acids is 1. The molecule has 1 aromatic rings. The van der Waals surface area contributed by atoms with Crippen molar-refractivity contribution < 1.29 is 45.8 Å². The van der Waals surface area contributed by atoms with Gasteiger partial charge in [-0.25, -0.2) is 0 Å². The molecule has 2 saturated carbocycles. The zero-order valence-corrected chi connectivity index (χ0v) is 23.2. The maximum atomic E-state index is 14.2. The van der Waals surface area contributed by atoms with Gasteiger partial charge >= 0.3 is 18.3 Å². The maximum absolute atomic E-state index is 14.2. The molecule has 0 spiro atoms. The van der Waals surface area contributed by atoms with E-state index in [-0.39, 0.29) is 41.3 Å². The molecule has 2 aliphatic rings. The van der Waals surface area contributed by atoms with Crippen LogP contribution in [0.3, 0.4) is 0 Å². The third-order valence-electron chi connectivity index (χ3n) is 7.62. The van der Waals surface area contributed by atoms with E-state index in [1.54, 1.807) is 0 Å². The van der Waals surface area contributed by atoms with Gasteiger partial charge in [-0.2, -0.15) is 26.3 Å². The monoisotopic (exact) mass is 629 g/mol. The summed E-state index contributed by atoms with van der Waals surface area (Å²) < 4.78 is 84.1. The molecule has 0 aromatic heterocycles. The fraction of sp³-hybridized carbons (Fsp3) is 0.538. The molecule has 41 heavy (non-hydrogen) atoms. The molecule has 0 saturated heterocycles. The van der Waals surface area contributed by atoms with Gasteiger partial charge in [0, 0.05) is 12.7 Å². The van der Waals surface area contributed by atoms with Crippen LogP contribution in [0.5, 0.6) is 0 Å². The fourth-order valence-electron chi connectivity index (χ4n) is 4.75. The second-order valence-electron chi connectivity index (χ2n) is 10.6. The van der Waals surface area contributed by atoms with Crippen molar-refractivity contribution in [2.45, 2.75) is 63.8 Å². The lowest BCUT2D eigenvalue weighted by atomic mass is 9.74. The van der Waals surface area contributed by atoms with Crippen molar-refractivity contribution in [2.75, 3.05) is 13.1 Å². The number of carbonyl (C=O) groups excluding carboxylic acids is 2. The first-order chi connectivity index (χ1) is 18.8. The van der Waals surface area contributed by atoms with Crippen molar-refractivity contribution in [2.24, 2.45) is 21.6 Å². The number of ketones is 1. The highest BCUT2D eigenvalue weighted by Gasteiger charge is 2.64. The third-order valence-corrected chi connectivity index (χ3v) is 8.25. The van der Waals surface area contributed by atoms with Crippen molar-refractivity contribution in [3.63, 3.8) is 0 Å². The van der Waals surface area contributed by atoms with Gasteiger partial charge in [0.15, 0.2) is 11.5 Å². The topological polar surface area (TPSA) is 113 Å². The van der Waals surface area contributed by atoms with Crippen LogP contribution in [-0.4, -0.2) is 64.9 Å². The number of hydrogen-bond acceptors (Lipinski definition) is 5. The summed E-state index contributed by atoms with van der Waals surface area (Å²) in [6, 6.07) is 2.94. The van der Waals surface area contributed by atoms with Gasteiger partial charge in [-0.3, -0.25) is 19.4 Å². The fourth-order valence-corrected chi connectivity index (χ4v) is 5.35. The van der Waals surface area contributed by atoms with E-state index in [1.165, 1.54) is 25.1 Å². The first-order valence-corrected chi connectivity index (χ1v) is 13.2. The van der Waals surface area contributed by atoms with E-state index in [4.69, 9.17) is 28.9 Å². The minimum absolute atomic E-state index is 0.0184. The van der Waals surface area contributed by atoms with Crippen molar-refractivity contribution in [3.8, 4) is 0 Å². The molecular formula is C26H27Cl2F6N3O4. The molecule has 3 N–H and O–H groups in total. The van der Waals surface area contributed by atoms with Gasteiger partial charge in [0.25, 0.3) is 5.91 Å². The third kappa shape index (κ3) is 7.17. The zero-order chi connectivity index (χ0) is 31.0. The zero-order valence-electron chi connectivity index (χ0n) is 21.7. The van der Waals surface area contributed by atoms with Crippen LogP contribution in [-0.2, 0) is 9.59 Å². The van der Waals surface area contributed by atoms with Crippen LogP contribution in [0.2, 0.25) is 10.0 Å². The second-order valence-corrected chi connectivity index (χ2v) is 11.4. The summed E-state index contributed by atoms with van der Waals surface area (Å²) in [6.07, 6.45) is -10.6. The summed E-state index contributed by atoms with van der Waals surface area (Å²) in [7, 11) is 0. The van der Waals surface area contributed by atoms with Crippen LogP contribution in [0.1, 0.15) is 55.8 Å². The molecule has 15 heteroatoms. The molecule has 0 radical (unpaired) electrons. The molecule has 3 rings (SSSR count). The summed E-state index contributed by atoms with van der Waals surface area (Å²) in [5, 5.41) is 9.06. The first kappa shape index (κ1) is 32.7. The van der Waals surface area contributed by atoms with E-state index >= 15 is 0 Å². The lowest BCUT2D eigenvalue weighted by Crippen LogP contribution is -2.47. The van der Waals surface area contributed by atoms with Gasteiger partial charge in [0.05, 0.1) is 44.6 Å². The van der Waals surface area contributed by atoms with E-state index < -0.39 is 84.1 Å². The van der Waals surface area contributed by atoms with E-state index in [9.17, 15) is 45.8 Å². The summed E-state index contributed by atoms with van der Waals surface area (Å²) >= 11 is 12.1. The van der Waals surface area contributed by atoms with Gasteiger partial charge in [-0.05, 0) is 57.6 Å². The largest absolute Gasteiger partial charge is 0.481 e. The van der Waals surface area contributed by atoms with Crippen LogP contribution in [0.25, 0.3) is 0 Å². The Morgan fingerprint density at radius 1 is 1.07 bits per heavy atom. The Balaban J connectivity index is 1.99. The van der Waals surface area contributed by atoms with Crippen molar-refractivity contribution in [1.82, 2.24) is 4.90 Å². The van der Waals surface area contributed by atoms with E-state index in [2.05, 4.69) is 4.99 Å². The van der Waals surface area contributed by atoms with Gasteiger partial charge in [0.2, 0.25) is 0 Å². The molecule has 0 heterocycles. The van der Waals surface area contributed by atoms with Crippen LogP contribution >= 0.6 is 23.2 Å². The number of nitrogens with zero attached hydrogens (tertiary/aromatic N) is 2. The minimum Gasteiger partial charge on any atom is -0.481 e. The molecule has 0 atom stereocenters. The Bertz CT molecular complexity index is 1250. The van der Waals surface area contributed by atoms with Crippen LogP contribution in [0, 0.1) is 10.8 Å². The molecule has 0 unspecified atom stereocenters. The van der Waals surface area contributed by atoms with Gasteiger partial charge in [-0.1, -0.05) is 29.3 Å². The Morgan fingerprint density at radius 3 is 2.02 bits per heavy atom. The number of hydrogen-bond donors (Lipinski definition) is 2. The summed E-state index contributed by atoms with van der Waals surface area (Å²) in [6.45, 7) is -0.710. The molecule has 1 aromatic carbocycles. The average molecular weight is 630 g/mol. The highest BCUT2D eigenvalue weighted by molar-refractivity contribution is 6.40. The van der Waals surface area contributed by atoms with Gasteiger partial charge < -0.3 is 15.7 Å². The number of carboxylic acid groups (broad SMARTS) is 1. The molecule has 2 fully saturated rings. The van der Waals surface area contributed by atoms with Crippen LogP contribution in [0.4, 0.5) is 26.3 Å². The molecule has 2 aliphatic carbocycles. The number of alkyl halides is 6. The number of aliphatic imine (C=N–C) groups is 1. The highest BCUT2D eigenvalue weighted by Crippen LogP contribution is 2.58. The number of benzene rings is 1. The predicted molar refractivity (Wildman–Crippen MR) is 139 cm³/mol. The number of amides is 1. The smallest absolute Gasteiger partial charge is 0.433 e. The summed E-state index contributed by atoms with van der Waals surface area (Å²) in [5.41, 5.74) is -1.39. The second kappa shape index (κ2) is 11.8. The maximum Gasteiger partial charge on any atom is 0.433 e. The van der Waals surface area contributed by atoms with Gasteiger partial charge in [0.1, 0.15) is 0 Å². The first-order valence-electron chi connectivity index (χ1n) is 12.5. The summed E-state index contributed by atoms with van der Waals surface area (Å²) in [4.78, 5) is 42.1. The van der Waals surface area contributed by atoms with E-state index in [0.29, 0.717) is 11.1 Å². The molecule has 7 nitrogen and oxygen atoms in total. The lowest BCUT2D eigenvalue weighted by Gasteiger charge is -2.33. The number of carbonyl (C=O) groups is 3. The van der Waals surface area contributed by atoms with Crippen molar-refractivity contribution in [3.05, 3.63) is 45.6 Å².